The van der Waals surface area contributed by atoms with E-state index in [1.54, 1.807) is 0 Å². The quantitative estimate of drug-likeness (QED) is 0.498. The molecule has 1 fully saturated rings. The van der Waals surface area contributed by atoms with Crippen molar-refractivity contribution < 1.29 is 19.8 Å². The van der Waals surface area contributed by atoms with Crippen molar-refractivity contribution in [2.45, 2.75) is 12.5 Å². The normalized spacial score (nSPS) is 29.1. The summed E-state index contributed by atoms with van der Waals surface area (Å²) in [4.78, 5) is 20.5. The van der Waals surface area contributed by atoms with Gasteiger partial charge in [0, 0.05) is 12.5 Å². The van der Waals surface area contributed by atoms with E-state index in [1.807, 2.05) is 0 Å². The Kier molecular flexibility index (Phi) is 2.09. The van der Waals surface area contributed by atoms with Crippen LogP contribution in [0, 0.1) is 5.92 Å². The van der Waals surface area contributed by atoms with Gasteiger partial charge in [0.15, 0.2) is 0 Å². The first-order chi connectivity index (χ1) is 5.11. The molecule has 0 aromatic carbocycles. The predicted octanol–water partition coefficient (Wildman–Crippen LogP) is -0.866. The molecular weight excluding hydrogens is 150 g/mol. The van der Waals surface area contributed by atoms with Crippen LogP contribution in [0.3, 0.4) is 0 Å². The number of carboxylic acids is 2. The van der Waals surface area contributed by atoms with Crippen molar-refractivity contribution in [1.82, 2.24) is 5.32 Å². The Hall–Kier alpha value is -1.10. The lowest BCUT2D eigenvalue weighted by Gasteiger charge is -2.33. The molecule has 1 heterocycles. The summed E-state index contributed by atoms with van der Waals surface area (Å²) in [6.07, 6.45) is -0.0655. The van der Waals surface area contributed by atoms with Crippen LogP contribution in [0.15, 0.2) is 0 Å². The molecule has 1 saturated heterocycles. The van der Waals surface area contributed by atoms with E-state index in [9.17, 15) is 9.59 Å². The summed E-state index contributed by atoms with van der Waals surface area (Å²) in [6.45, 7) is 0.489. The van der Waals surface area contributed by atoms with E-state index >= 15 is 0 Å². The molecule has 1 rings (SSSR count). The van der Waals surface area contributed by atoms with Gasteiger partial charge in [0.05, 0.1) is 6.42 Å². The van der Waals surface area contributed by atoms with Crippen molar-refractivity contribution in [3.05, 3.63) is 0 Å². The molecule has 1 aliphatic rings. The van der Waals surface area contributed by atoms with E-state index < -0.39 is 18.0 Å². The highest BCUT2D eigenvalue weighted by molar-refractivity contribution is 5.77. The molecule has 0 amide bonds. The molecular formula is C6H9NO4. The SMILES string of the molecule is O=C(O)C[C@@H]1CN[C@@H]1C(=O)O. The highest BCUT2D eigenvalue weighted by atomic mass is 16.4. The van der Waals surface area contributed by atoms with E-state index in [4.69, 9.17) is 10.2 Å². The lowest BCUT2D eigenvalue weighted by atomic mass is 9.89. The summed E-state index contributed by atoms with van der Waals surface area (Å²) >= 11 is 0. The summed E-state index contributed by atoms with van der Waals surface area (Å²) in [6, 6.07) is -0.661. The Morgan fingerprint density at radius 2 is 2.09 bits per heavy atom. The zero-order chi connectivity index (χ0) is 8.43. The Morgan fingerprint density at radius 1 is 1.45 bits per heavy atom. The fourth-order valence-corrected chi connectivity index (χ4v) is 1.11. The Morgan fingerprint density at radius 3 is 2.36 bits per heavy atom. The molecule has 5 nitrogen and oxygen atoms in total. The van der Waals surface area contributed by atoms with Crippen molar-refractivity contribution in [3.63, 3.8) is 0 Å². The summed E-state index contributed by atoms with van der Waals surface area (Å²) < 4.78 is 0. The second kappa shape index (κ2) is 2.87. The molecule has 0 radical (unpaired) electrons. The molecule has 0 aromatic rings. The van der Waals surface area contributed by atoms with Crippen LogP contribution in [0.1, 0.15) is 6.42 Å². The first-order valence-electron chi connectivity index (χ1n) is 3.29. The van der Waals surface area contributed by atoms with Gasteiger partial charge < -0.3 is 15.5 Å². The largest absolute Gasteiger partial charge is 0.481 e. The van der Waals surface area contributed by atoms with Gasteiger partial charge in [-0.05, 0) is 0 Å². The highest BCUT2D eigenvalue weighted by Crippen LogP contribution is 2.16. The topological polar surface area (TPSA) is 86.6 Å². The molecule has 2 atom stereocenters. The lowest BCUT2D eigenvalue weighted by molar-refractivity contribution is -0.146. The van der Waals surface area contributed by atoms with Crippen molar-refractivity contribution in [2.24, 2.45) is 5.92 Å². The first-order valence-corrected chi connectivity index (χ1v) is 3.29. The first kappa shape index (κ1) is 8.00. The molecule has 0 bridgehead atoms. The van der Waals surface area contributed by atoms with Gasteiger partial charge >= 0.3 is 11.9 Å². The smallest absolute Gasteiger partial charge is 0.321 e. The van der Waals surface area contributed by atoms with Gasteiger partial charge in [-0.25, -0.2) is 0 Å². The summed E-state index contributed by atoms with van der Waals surface area (Å²) in [5.74, 6) is -2.16. The van der Waals surface area contributed by atoms with Crippen LogP contribution in [0.25, 0.3) is 0 Å². The standard InChI is InChI=1S/C6H9NO4/c8-4(9)1-3-2-7-5(3)6(10)11/h3,5,7H,1-2H2,(H,8,9)(H,10,11)/t3-,5+/m1/s1. The number of carbonyl (C=O) groups is 2. The molecule has 0 spiro atoms. The third-order valence-corrected chi connectivity index (χ3v) is 1.77. The van der Waals surface area contributed by atoms with Gasteiger partial charge in [-0.3, -0.25) is 9.59 Å². The van der Waals surface area contributed by atoms with Crippen molar-refractivity contribution >= 4 is 11.9 Å². The number of nitrogens with one attached hydrogen (secondary N) is 1. The average Bonchev–Trinajstić information content (AvgIpc) is 1.78. The third-order valence-electron chi connectivity index (χ3n) is 1.77. The maximum Gasteiger partial charge on any atom is 0.321 e. The second-order valence-corrected chi connectivity index (χ2v) is 2.58. The Balaban J connectivity index is 2.37. The molecule has 0 unspecified atom stereocenters. The molecule has 11 heavy (non-hydrogen) atoms. The van der Waals surface area contributed by atoms with E-state index in [0.717, 1.165) is 0 Å². The van der Waals surface area contributed by atoms with Gasteiger partial charge in [-0.1, -0.05) is 0 Å². The van der Waals surface area contributed by atoms with Gasteiger partial charge in [0.2, 0.25) is 0 Å². The third kappa shape index (κ3) is 1.68. The maximum absolute atomic E-state index is 10.3. The maximum atomic E-state index is 10.3. The average molecular weight is 159 g/mol. The van der Waals surface area contributed by atoms with Gasteiger partial charge in [-0.2, -0.15) is 0 Å². The van der Waals surface area contributed by atoms with Crippen LogP contribution in [0.2, 0.25) is 0 Å². The second-order valence-electron chi connectivity index (χ2n) is 2.58. The fraction of sp³-hybridized carbons (Fsp3) is 0.667. The van der Waals surface area contributed by atoms with E-state index in [0.29, 0.717) is 6.54 Å². The zero-order valence-electron chi connectivity index (χ0n) is 5.78. The van der Waals surface area contributed by atoms with Crippen LogP contribution in [0.4, 0.5) is 0 Å². The molecule has 0 aliphatic carbocycles. The van der Waals surface area contributed by atoms with Crippen LogP contribution in [0.5, 0.6) is 0 Å². The van der Waals surface area contributed by atoms with Gasteiger partial charge in [0.25, 0.3) is 0 Å². The fourth-order valence-electron chi connectivity index (χ4n) is 1.11. The zero-order valence-corrected chi connectivity index (χ0v) is 5.78. The molecule has 3 N–H and O–H groups in total. The van der Waals surface area contributed by atoms with E-state index in [2.05, 4.69) is 5.32 Å². The van der Waals surface area contributed by atoms with Crippen molar-refractivity contribution in [3.8, 4) is 0 Å². The van der Waals surface area contributed by atoms with Gasteiger partial charge in [-0.15, -0.1) is 0 Å². The molecule has 0 aromatic heterocycles. The minimum absolute atomic E-state index is 0.0655. The lowest BCUT2D eigenvalue weighted by Crippen LogP contribution is -2.57. The van der Waals surface area contributed by atoms with Crippen LogP contribution < -0.4 is 5.32 Å². The van der Waals surface area contributed by atoms with Crippen LogP contribution in [-0.4, -0.2) is 34.7 Å². The molecule has 0 saturated carbocycles. The Bertz CT molecular complexity index is 191. The highest BCUT2D eigenvalue weighted by Gasteiger charge is 2.37. The van der Waals surface area contributed by atoms with Crippen molar-refractivity contribution in [2.75, 3.05) is 6.54 Å². The molecule has 1 aliphatic heterocycles. The summed E-state index contributed by atoms with van der Waals surface area (Å²) in [7, 11) is 0. The predicted molar refractivity (Wildman–Crippen MR) is 35.2 cm³/mol. The Labute approximate surface area is 63.0 Å². The number of carboxylic acid groups (broad SMARTS) is 2. The van der Waals surface area contributed by atoms with Crippen LogP contribution >= 0.6 is 0 Å². The number of hydrogen-bond acceptors (Lipinski definition) is 3. The summed E-state index contributed by atoms with van der Waals surface area (Å²) in [5, 5.41) is 19.4. The van der Waals surface area contributed by atoms with Crippen molar-refractivity contribution in [1.29, 1.82) is 0 Å². The molecule has 62 valence electrons. The van der Waals surface area contributed by atoms with Crippen LogP contribution in [-0.2, 0) is 9.59 Å². The molecule has 5 heteroatoms. The number of aliphatic carboxylic acids is 2. The van der Waals surface area contributed by atoms with E-state index in [1.165, 1.54) is 0 Å². The monoisotopic (exact) mass is 159 g/mol. The minimum Gasteiger partial charge on any atom is -0.481 e. The van der Waals surface area contributed by atoms with E-state index in [-0.39, 0.29) is 12.3 Å². The number of rotatable bonds is 3. The number of hydrogen-bond donors (Lipinski definition) is 3. The minimum atomic E-state index is -0.970. The summed E-state index contributed by atoms with van der Waals surface area (Å²) in [5.41, 5.74) is 0. The van der Waals surface area contributed by atoms with Gasteiger partial charge in [0.1, 0.15) is 6.04 Å².